The number of amides is 3. The van der Waals surface area contributed by atoms with Gasteiger partial charge in [-0.1, -0.05) is 38.5 Å². The molecule has 5 nitrogen and oxygen atoms in total. The molecule has 0 radical (unpaired) electrons. The Labute approximate surface area is 139 Å². The van der Waals surface area contributed by atoms with Crippen molar-refractivity contribution in [3.05, 3.63) is 29.8 Å². The summed E-state index contributed by atoms with van der Waals surface area (Å²) in [6.07, 6.45) is 2.17. The molecule has 1 saturated heterocycles. The number of nitrogens with one attached hydrogen (secondary N) is 2. The van der Waals surface area contributed by atoms with Crippen LogP contribution in [0.25, 0.3) is 0 Å². The van der Waals surface area contributed by atoms with Crippen LogP contribution in [0.2, 0.25) is 0 Å². The first kappa shape index (κ1) is 19.0. The van der Waals surface area contributed by atoms with E-state index in [2.05, 4.69) is 10.6 Å². The number of hydrogen-bond donors (Lipinski definition) is 2. The molecule has 0 spiro atoms. The number of benzene rings is 1. The van der Waals surface area contributed by atoms with Crippen molar-refractivity contribution < 1.29 is 9.59 Å². The number of carbonyl (C=O) groups is 2. The SMILES string of the molecule is CC.CCC(=O)N1CCC(NC(=O)Nc2ccc(C)cc2)CC1. The number of carbonyl (C=O) groups excluding carboxylic acids is 2. The van der Waals surface area contributed by atoms with Gasteiger partial charge in [0.25, 0.3) is 0 Å². The lowest BCUT2D eigenvalue weighted by atomic mass is 10.0. The highest BCUT2D eigenvalue weighted by Crippen LogP contribution is 2.12. The largest absolute Gasteiger partial charge is 0.343 e. The molecule has 0 bridgehead atoms. The zero-order chi connectivity index (χ0) is 17.2. The molecule has 23 heavy (non-hydrogen) atoms. The topological polar surface area (TPSA) is 61.4 Å². The molecule has 3 amide bonds. The highest BCUT2D eigenvalue weighted by molar-refractivity contribution is 5.89. The predicted molar refractivity (Wildman–Crippen MR) is 94.6 cm³/mol. The summed E-state index contributed by atoms with van der Waals surface area (Å²) in [6, 6.07) is 7.65. The third kappa shape index (κ3) is 6.30. The number of piperidine rings is 1. The van der Waals surface area contributed by atoms with Crippen molar-refractivity contribution in [1.82, 2.24) is 10.2 Å². The zero-order valence-corrected chi connectivity index (χ0v) is 14.7. The Balaban J connectivity index is 0.00000127. The third-order valence-corrected chi connectivity index (χ3v) is 3.79. The average molecular weight is 319 g/mol. The van der Waals surface area contributed by atoms with E-state index < -0.39 is 0 Å². The lowest BCUT2D eigenvalue weighted by Gasteiger charge is -2.32. The van der Waals surface area contributed by atoms with Crippen molar-refractivity contribution in [2.45, 2.75) is 53.0 Å². The van der Waals surface area contributed by atoms with Crippen LogP contribution in [0.5, 0.6) is 0 Å². The predicted octanol–water partition coefficient (Wildman–Crippen LogP) is 3.54. The van der Waals surface area contributed by atoms with Crippen LogP contribution < -0.4 is 10.6 Å². The Bertz CT molecular complexity index is 491. The molecule has 5 heteroatoms. The molecule has 128 valence electrons. The van der Waals surface area contributed by atoms with Gasteiger partial charge in [0.15, 0.2) is 0 Å². The van der Waals surface area contributed by atoms with Crippen LogP contribution in [0, 0.1) is 6.92 Å². The van der Waals surface area contributed by atoms with Crippen LogP contribution in [-0.4, -0.2) is 36.0 Å². The number of aryl methyl sites for hydroxylation is 1. The summed E-state index contributed by atoms with van der Waals surface area (Å²) in [5.41, 5.74) is 1.95. The fourth-order valence-electron chi connectivity index (χ4n) is 2.49. The molecule has 1 heterocycles. The van der Waals surface area contributed by atoms with Crippen molar-refractivity contribution in [3.8, 4) is 0 Å². The quantitative estimate of drug-likeness (QED) is 0.895. The standard InChI is InChI=1S/C16H23N3O2.C2H6/c1-3-15(20)19-10-8-14(9-11-19)18-16(21)17-13-6-4-12(2)5-7-13;1-2/h4-7,14H,3,8-11H2,1-2H3,(H2,17,18,21);1-2H3. The van der Waals surface area contributed by atoms with Gasteiger partial charge in [-0.15, -0.1) is 0 Å². The van der Waals surface area contributed by atoms with E-state index >= 15 is 0 Å². The number of anilines is 1. The number of rotatable bonds is 3. The van der Waals surface area contributed by atoms with Gasteiger partial charge >= 0.3 is 6.03 Å². The minimum absolute atomic E-state index is 0.136. The average Bonchev–Trinajstić information content (AvgIpc) is 2.58. The maximum atomic E-state index is 11.9. The fourth-order valence-corrected chi connectivity index (χ4v) is 2.49. The van der Waals surface area contributed by atoms with Crippen LogP contribution in [0.1, 0.15) is 45.6 Å². The zero-order valence-electron chi connectivity index (χ0n) is 14.7. The monoisotopic (exact) mass is 319 g/mol. The van der Waals surface area contributed by atoms with Gasteiger partial charge < -0.3 is 15.5 Å². The van der Waals surface area contributed by atoms with Gasteiger partial charge in [-0.3, -0.25) is 4.79 Å². The molecular formula is C18H29N3O2. The Kier molecular flexibility index (Phi) is 8.16. The van der Waals surface area contributed by atoms with Crippen LogP contribution in [0.4, 0.5) is 10.5 Å². The molecule has 1 aliphatic heterocycles. The van der Waals surface area contributed by atoms with Gasteiger partial charge in [-0.2, -0.15) is 0 Å². The minimum Gasteiger partial charge on any atom is -0.343 e. The summed E-state index contributed by atoms with van der Waals surface area (Å²) in [4.78, 5) is 25.4. The normalized spacial score (nSPS) is 14.5. The van der Waals surface area contributed by atoms with Crippen molar-refractivity contribution in [1.29, 1.82) is 0 Å². The van der Waals surface area contributed by atoms with E-state index in [-0.39, 0.29) is 18.0 Å². The lowest BCUT2D eigenvalue weighted by Crippen LogP contribution is -2.47. The number of hydrogen-bond acceptors (Lipinski definition) is 2. The van der Waals surface area contributed by atoms with Gasteiger partial charge in [0.2, 0.25) is 5.91 Å². The van der Waals surface area contributed by atoms with Gasteiger partial charge in [0.1, 0.15) is 0 Å². The Morgan fingerprint density at radius 3 is 2.22 bits per heavy atom. The second-order valence-electron chi connectivity index (χ2n) is 5.47. The lowest BCUT2D eigenvalue weighted by molar-refractivity contribution is -0.131. The highest BCUT2D eigenvalue weighted by Gasteiger charge is 2.22. The van der Waals surface area contributed by atoms with E-state index in [4.69, 9.17) is 0 Å². The molecule has 1 aromatic rings. The number of likely N-dealkylation sites (tertiary alicyclic amines) is 1. The molecule has 0 unspecified atom stereocenters. The number of nitrogens with zero attached hydrogens (tertiary/aromatic N) is 1. The maximum absolute atomic E-state index is 11.9. The van der Waals surface area contributed by atoms with Crippen LogP contribution in [-0.2, 0) is 4.79 Å². The van der Waals surface area contributed by atoms with E-state index in [0.717, 1.165) is 37.2 Å². The fraction of sp³-hybridized carbons (Fsp3) is 0.556. The third-order valence-electron chi connectivity index (χ3n) is 3.79. The van der Waals surface area contributed by atoms with Crippen LogP contribution in [0.15, 0.2) is 24.3 Å². The number of urea groups is 1. The smallest absolute Gasteiger partial charge is 0.319 e. The molecule has 1 fully saturated rings. The van der Waals surface area contributed by atoms with E-state index in [1.807, 2.05) is 56.9 Å². The first-order valence-electron chi connectivity index (χ1n) is 8.50. The summed E-state index contributed by atoms with van der Waals surface area (Å²) in [6.45, 7) is 9.33. The van der Waals surface area contributed by atoms with Gasteiger partial charge in [-0.05, 0) is 31.9 Å². The second-order valence-corrected chi connectivity index (χ2v) is 5.47. The van der Waals surface area contributed by atoms with Crippen LogP contribution in [0.3, 0.4) is 0 Å². The maximum Gasteiger partial charge on any atom is 0.319 e. The minimum atomic E-state index is -0.181. The van der Waals surface area contributed by atoms with Crippen LogP contribution >= 0.6 is 0 Å². The molecule has 2 N–H and O–H groups in total. The Hall–Kier alpha value is -2.04. The van der Waals surface area contributed by atoms with Gasteiger partial charge in [-0.25, -0.2) is 4.79 Å². The van der Waals surface area contributed by atoms with E-state index in [1.54, 1.807) is 0 Å². The molecule has 1 aromatic carbocycles. The van der Waals surface area contributed by atoms with Crippen molar-refractivity contribution in [3.63, 3.8) is 0 Å². The molecule has 1 aliphatic rings. The summed E-state index contributed by atoms with van der Waals surface area (Å²) >= 11 is 0. The molecular weight excluding hydrogens is 290 g/mol. The first-order chi connectivity index (χ1) is 11.1. The molecule has 0 aliphatic carbocycles. The second kappa shape index (κ2) is 9.87. The van der Waals surface area contributed by atoms with Crippen molar-refractivity contribution in [2.75, 3.05) is 18.4 Å². The molecule has 0 aromatic heterocycles. The van der Waals surface area contributed by atoms with Gasteiger partial charge in [0, 0.05) is 31.2 Å². The summed E-state index contributed by atoms with van der Waals surface area (Å²) in [5.74, 6) is 0.192. The summed E-state index contributed by atoms with van der Waals surface area (Å²) in [7, 11) is 0. The first-order valence-corrected chi connectivity index (χ1v) is 8.50. The van der Waals surface area contributed by atoms with E-state index in [9.17, 15) is 9.59 Å². The summed E-state index contributed by atoms with van der Waals surface area (Å²) in [5, 5.41) is 5.80. The van der Waals surface area contributed by atoms with Crippen molar-refractivity contribution in [2.24, 2.45) is 0 Å². The Morgan fingerprint density at radius 1 is 1.13 bits per heavy atom. The Morgan fingerprint density at radius 2 is 1.70 bits per heavy atom. The molecule has 2 rings (SSSR count). The summed E-state index contributed by atoms with van der Waals surface area (Å²) < 4.78 is 0. The van der Waals surface area contributed by atoms with E-state index in [0.29, 0.717) is 6.42 Å². The molecule has 0 atom stereocenters. The molecule has 0 saturated carbocycles. The van der Waals surface area contributed by atoms with E-state index in [1.165, 1.54) is 0 Å². The van der Waals surface area contributed by atoms with Gasteiger partial charge in [0.05, 0.1) is 0 Å². The highest BCUT2D eigenvalue weighted by atomic mass is 16.2. The van der Waals surface area contributed by atoms with Crippen molar-refractivity contribution >= 4 is 17.6 Å².